The molecule has 2 aliphatic heterocycles. The molecular formula is C11H20N2O2. The van der Waals surface area contributed by atoms with Gasteiger partial charge in [-0.2, -0.15) is 0 Å². The van der Waals surface area contributed by atoms with E-state index in [1.165, 1.54) is 12.8 Å². The summed E-state index contributed by atoms with van der Waals surface area (Å²) in [6.45, 7) is 5.21. The summed E-state index contributed by atoms with van der Waals surface area (Å²) in [7, 11) is 0. The molecule has 0 aromatic rings. The Hall–Kier alpha value is -0.610. The van der Waals surface area contributed by atoms with E-state index in [0.717, 1.165) is 38.2 Å². The predicted molar refractivity (Wildman–Crippen MR) is 58.5 cm³/mol. The summed E-state index contributed by atoms with van der Waals surface area (Å²) in [6, 6.07) is 0. The van der Waals surface area contributed by atoms with Gasteiger partial charge in [0.1, 0.15) is 0 Å². The van der Waals surface area contributed by atoms with Crippen LogP contribution in [0.3, 0.4) is 0 Å². The Kier molecular flexibility index (Phi) is 3.59. The van der Waals surface area contributed by atoms with Crippen LogP contribution < -0.4 is 0 Å². The van der Waals surface area contributed by atoms with Gasteiger partial charge in [-0.3, -0.25) is 0 Å². The fourth-order valence-electron chi connectivity index (χ4n) is 2.40. The van der Waals surface area contributed by atoms with E-state index in [9.17, 15) is 0 Å². The van der Waals surface area contributed by atoms with Gasteiger partial charge in [0.25, 0.3) is 0 Å². The summed E-state index contributed by atoms with van der Waals surface area (Å²) in [5, 5.41) is 11.9. The van der Waals surface area contributed by atoms with E-state index < -0.39 is 0 Å². The zero-order chi connectivity index (χ0) is 10.7. The van der Waals surface area contributed by atoms with Crippen LogP contribution in [0, 0.1) is 0 Å². The zero-order valence-electron chi connectivity index (χ0n) is 9.35. The molecule has 4 heteroatoms. The van der Waals surface area contributed by atoms with E-state index in [-0.39, 0.29) is 0 Å². The molecule has 2 heterocycles. The fraction of sp³-hybridized carbons (Fsp3) is 0.909. The SMILES string of the molecule is CC1CCC(CN2CCC(=NO)CC2)O1. The van der Waals surface area contributed by atoms with Gasteiger partial charge in [-0.05, 0) is 19.8 Å². The summed E-state index contributed by atoms with van der Waals surface area (Å²) in [6.07, 6.45) is 5.06. The van der Waals surface area contributed by atoms with E-state index in [4.69, 9.17) is 9.94 Å². The summed E-state index contributed by atoms with van der Waals surface area (Å²) < 4.78 is 5.80. The van der Waals surface area contributed by atoms with Crippen LogP contribution in [-0.2, 0) is 4.74 Å². The fourth-order valence-corrected chi connectivity index (χ4v) is 2.40. The third-order valence-electron chi connectivity index (χ3n) is 3.36. The summed E-state index contributed by atoms with van der Waals surface area (Å²) >= 11 is 0. The van der Waals surface area contributed by atoms with Crippen LogP contribution in [0.15, 0.2) is 5.16 Å². The zero-order valence-corrected chi connectivity index (χ0v) is 9.35. The molecule has 2 saturated heterocycles. The maximum Gasteiger partial charge on any atom is 0.0706 e. The van der Waals surface area contributed by atoms with Crippen LogP contribution in [0.1, 0.15) is 32.6 Å². The van der Waals surface area contributed by atoms with E-state index in [1.54, 1.807) is 0 Å². The molecule has 0 radical (unpaired) electrons. The average Bonchev–Trinajstić information content (AvgIpc) is 2.65. The van der Waals surface area contributed by atoms with Crippen molar-refractivity contribution in [1.29, 1.82) is 0 Å². The van der Waals surface area contributed by atoms with Crippen LogP contribution in [0.5, 0.6) is 0 Å². The first-order valence-electron chi connectivity index (χ1n) is 5.85. The Labute approximate surface area is 90.9 Å². The first kappa shape index (κ1) is 10.9. The first-order chi connectivity index (χ1) is 7.28. The highest BCUT2D eigenvalue weighted by atomic mass is 16.5. The molecule has 0 aromatic heterocycles. The van der Waals surface area contributed by atoms with Gasteiger partial charge in [-0.15, -0.1) is 0 Å². The molecule has 2 unspecified atom stereocenters. The van der Waals surface area contributed by atoms with E-state index in [2.05, 4.69) is 17.0 Å². The number of hydrogen-bond acceptors (Lipinski definition) is 4. The average molecular weight is 212 g/mol. The molecule has 2 aliphatic rings. The Morgan fingerprint density at radius 1 is 1.40 bits per heavy atom. The maximum absolute atomic E-state index is 8.64. The third-order valence-corrected chi connectivity index (χ3v) is 3.36. The monoisotopic (exact) mass is 212 g/mol. The Morgan fingerprint density at radius 2 is 2.13 bits per heavy atom. The Bertz CT molecular complexity index is 233. The van der Waals surface area contributed by atoms with Gasteiger partial charge in [0, 0.05) is 32.5 Å². The summed E-state index contributed by atoms with van der Waals surface area (Å²) in [5.74, 6) is 0. The van der Waals surface area contributed by atoms with Crippen molar-refractivity contribution in [3.05, 3.63) is 0 Å². The van der Waals surface area contributed by atoms with Crippen LogP contribution in [-0.4, -0.2) is 47.7 Å². The molecule has 1 N–H and O–H groups in total. The van der Waals surface area contributed by atoms with Crippen molar-refractivity contribution in [1.82, 2.24) is 4.90 Å². The van der Waals surface area contributed by atoms with Crippen LogP contribution >= 0.6 is 0 Å². The molecule has 0 aromatic carbocycles. The Balaban J connectivity index is 1.72. The molecule has 86 valence electrons. The Morgan fingerprint density at radius 3 is 2.67 bits per heavy atom. The van der Waals surface area contributed by atoms with Crippen molar-refractivity contribution in [2.24, 2.45) is 5.16 Å². The summed E-state index contributed by atoms with van der Waals surface area (Å²) in [5.41, 5.74) is 0.937. The molecule has 0 amide bonds. The van der Waals surface area contributed by atoms with E-state index >= 15 is 0 Å². The first-order valence-corrected chi connectivity index (χ1v) is 5.85. The number of piperidine rings is 1. The van der Waals surface area contributed by atoms with Gasteiger partial charge >= 0.3 is 0 Å². The number of nitrogens with zero attached hydrogens (tertiary/aromatic N) is 2. The number of rotatable bonds is 2. The van der Waals surface area contributed by atoms with Gasteiger partial charge in [-0.1, -0.05) is 5.16 Å². The second kappa shape index (κ2) is 4.94. The highest BCUT2D eigenvalue weighted by Gasteiger charge is 2.25. The van der Waals surface area contributed by atoms with Crippen molar-refractivity contribution in [3.63, 3.8) is 0 Å². The number of likely N-dealkylation sites (tertiary alicyclic amines) is 1. The topological polar surface area (TPSA) is 45.1 Å². The van der Waals surface area contributed by atoms with Crippen molar-refractivity contribution >= 4 is 5.71 Å². The van der Waals surface area contributed by atoms with Crippen molar-refractivity contribution in [3.8, 4) is 0 Å². The molecule has 0 aliphatic carbocycles. The normalized spacial score (nSPS) is 33.3. The second-order valence-electron chi connectivity index (χ2n) is 4.61. The predicted octanol–water partition coefficient (Wildman–Crippen LogP) is 1.48. The number of hydrogen-bond donors (Lipinski definition) is 1. The minimum absolute atomic E-state index is 0.424. The van der Waals surface area contributed by atoms with Gasteiger partial charge in [0.2, 0.25) is 0 Å². The van der Waals surface area contributed by atoms with Crippen LogP contribution in [0.25, 0.3) is 0 Å². The second-order valence-corrected chi connectivity index (χ2v) is 4.61. The van der Waals surface area contributed by atoms with Gasteiger partial charge in [0.05, 0.1) is 17.9 Å². The van der Waals surface area contributed by atoms with E-state index in [1.807, 2.05) is 0 Å². The molecule has 0 spiro atoms. The van der Waals surface area contributed by atoms with Crippen LogP contribution in [0.4, 0.5) is 0 Å². The minimum atomic E-state index is 0.424. The molecule has 0 saturated carbocycles. The molecule has 15 heavy (non-hydrogen) atoms. The van der Waals surface area contributed by atoms with Crippen molar-refractivity contribution in [2.45, 2.75) is 44.8 Å². The lowest BCUT2D eigenvalue weighted by atomic mass is 10.1. The largest absolute Gasteiger partial charge is 0.411 e. The van der Waals surface area contributed by atoms with Gasteiger partial charge in [-0.25, -0.2) is 0 Å². The van der Waals surface area contributed by atoms with E-state index in [0.29, 0.717) is 12.2 Å². The third kappa shape index (κ3) is 2.92. The minimum Gasteiger partial charge on any atom is -0.411 e. The quantitative estimate of drug-likeness (QED) is 0.557. The standard InChI is InChI=1S/C11H20N2O2/c1-9-2-3-11(15-9)8-13-6-4-10(12-14)5-7-13/h9,11,14H,2-8H2,1H3. The summed E-state index contributed by atoms with van der Waals surface area (Å²) in [4.78, 5) is 2.41. The van der Waals surface area contributed by atoms with Crippen molar-refractivity contribution in [2.75, 3.05) is 19.6 Å². The lowest BCUT2D eigenvalue weighted by Gasteiger charge is -2.29. The highest BCUT2D eigenvalue weighted by Crippen LogP contribution is 2.20. The number of oxime groups is 1. The number of ether oxygens (including phenoxy) is 1. The lowest BCUT2D eigenvalue weighted by Crippen LogP contribution is -2.39. The molecule has 2 rings (SSSR count). The smallest absolute Gasteiger partial charge is 0.0706 e. The van der Waals surface area contributed by atoms with Crippen LogP contribution in [0.2, 0.25) is 0 Å². The molecule has 0 bridgehead atoms. The maximum atomic E-state index is 8.64. The lowest BCUT2D eigenvalue weighted by molar-refractivity contribution is 0.0312. The molecular weight excluding hydrogens is 192 g/mol. The highest BCUT2D eigenvalue weighted by molar-refractivity contribution is 5.84. The van der Waals surface area contributed by atoms with Gasteiger partial charge < -0.3 is 14.8 Å². The molecule has 2 atom stereocenters. The van der Waals surface area contributed by atoms with Gasteiger partial charge in [0.15, 0.2) is 0 Å². The molecule has 4 nitrogen and oxygen atoms in total. The molecule has 2 fully saturated rings. The van der Waals surface area contributed by atoms with Crippen molar-refractivity contribution < 1.29 is 9.94 Å².